The van der Waals surface area contributed by atoms with Crippen LogP contribution in [0.25, 0.3) is 0 Å². The first kappa shape index (κ1) is 16.5. The molecule has 0 spiro atoms. The van der Waals surface area contributed by atoms with Crippen molar-refractivity contribution in [2.24, 2.45) is 5.92 Å². The molecule has 1 unspecified atom stereocenters. The lowest BCUT2D eigenvalue weighted by Gasteiger charge is -2.25. The van der Waals surface area contributed by atoms with Gasteiger partial charge in [-0.25, -0.2) is 13.2 Å². The maximum atomic E-state index is 12.8. The second-order valence-electron chi connectivity index (χ2n) is 5.49. The summed E-state index contributed by atoms with van der Waals surface area (Å²) >= 11 is 3.24. The summed E-state index contributed by atoms with van der Waals surface area (Å²) in [5.41, 5.74) is 0.480. The van der Waals surface area contributed by atoms with E-state index in [1.54, 1.807) is 14.0 Å². The summed E-state index contributed by atoms with van der Waals surface area (Å²) in [5, 5.41) is 9.11. The molecule has 0 bridgehead atoms. The molecule has 1 atom stereocenters. The van der Waals surface area contributed by atoms with Gasteiger partial charge in [0, 0.05) is 17.6 Å². The molecule has 0 saturated heterocycles. The molecule has 7 heteroatoms. The van der Waals surface area contributed by atoms with Crippen molar-refractivity contribution >= 4 is 31.9 Å². The summed E-state index contributed by atoms with van der Waals surface area (Å²) in [6.45, 7) is 3.55. The number of benzene rings is 1. The molecule has 0 radical (unpaired) electrons. The van der Waals surface area contributed by atoms with E-state index in [4.69, 9.17) is 5.11 Å². The fourth-order valence-electron chi connectivity index (χ4n) is 2.29. The number of rotatable bonds is 5. The van der Waals surface area contributed by atoms with Crippen LogP contribution in [-0.4, -0.2) is 36.9 Å². The molecule has 5 nitrogen and oxygen atoms in total. The van der Waals surface area contributed by atoms with E-state index in [9.17, 15) is 13.2 Å². The normalized spacial score (nSPS) is 17.0. The molecule has 0 aromatic heterocycles. The number of nitrogens with zero attached hydrogens (tertiary/aromatic N) is 1. The number of carbonyl (C=O) groups is 1. The van der Waals surface area contributed by atoms with Gasteiger partial charge in [0.05, 0.1) is 10.5 Å². The molecule has 1 saturated carbocycles. The van der Waals surface area contributed by atoms with E-state index >= 15 is 0 Å². The molecule has 1 aromatic rings. The Balaban J connectivity index is 2.50. The van der Waals surface area contributed by atoms with Crippen LogP contribution >= 0.6 is 15.9 Å². The van der Waals surface area contributed by atoms with Crippen LogP contribution in [0.5, 0.6) is 0 Å². The van der Waals surface area contributed by atoms with Crippen LogP contribution in [0.3, 0.4) is 0 Å². The van der Waals surface area contributed by atoms with Gasteiger partial charge >= 0.3 is 5.97 Å². The lowest BCUT2D eigenvalue weighted by atomic mass is 10.1. The summed E-state index contributed by atoms with van der Waals surface area (Å²) in [5.74, 6) is -0.749. The first-order valence-electron chi connectivity index (χ1n) is 6.67. The molecule has 1 aliphatic carbocycles. The van der Waals surface area contributed by atoms with Crippen molar-refractivity contribution in [1.82, 2.24) is 4.31 Å². The van der Waals surface area contributed by atoms with Crippen LogP contribution in [0.1, 0.15) is 35.7 Å². The average molecular weight is 376 g/mol. The van der Waals surface area contributed by atoms with Crippen LogP contribution in [0.4, 0.5) is 0 Å². The molecule has 1 N–H and O–H groups in total. The lowest BCUT2D eigenvalue weighted by Crippen LogP contribution is -2.36. The van der Waals surface area contributed by atoms with Crippen LogP contribution in [-0.2, 0) is 10.0 Å². The third-order valence-electron chi connectivity index (χ3n) is 4.08. The van der Waals surface area contributed by atoms with Crippen molar-refractivity contribution in [2.75, 3.05) is 7.05 Å². The molecule has 1 aliphatic rings. The predicted molar refractivity (Wildman–Crippen MR) is 83.0 cm³/mol. The third-order valence-corrected chi connectivity index (χ3v) is 6.97. The van der Waals surface area contributed by atoms with Gasteiger partial charge in [0.2, 0.25) is 10.0 Å². The first-order chi connectivity index (χ1) is 9.66. The Bertz CT molecular complexity index is 682. The Morgan fingerprint density at radius 1 is 1.43 bits per heavy atom. The second kappa shape index (κ2) is 5.70. The number of carboxylic acids is 1. The van der Waals surface area contributed by atoms with E-state index in [1.165, 1.54) is 16.4 Å². The van der Waals surface area contributed by atoms with Crippen molar-refractivity contribution in [3.8, 4) is 0 Å². The molecule has 1 aromatic carbocycles. The van der Waals surface area contributed by atoms with Gasteiger partial charge in [0.25, 0.3) is 0 Å². The molecule has 21 heavy (non-hydrogen) atoms. The fourth-order valence-corrected chi connectivity index (χ4v) is 4.58. The molecule has 0 aliphatic heterocycles. The van der Waals surface area contributed by atoms with E-state index in [0.717, 1.165) is 12.8 Å². The minimum absolute atomic E-state index is 0.0430. The summed E-state index contributed by atoms with van der Waals surface area (Å²) < 4.78 is 27.4. The predicted octanol–water partition coefficient (Wildman–Crippen LogP) is 2.87. The molecular weight excluding hydrogens is 358 g/mol. The zero-order chi connectivity index (χ0) is 15.9. The van der Waals surface area contributed by atoms with Gasteiger partial charge in [-0.15, -0.1) is 0 Å². The zero-order valence-electron chi connectivity index (χ0n) is 12.1. The number of carboxylic acid groups (broad SMARTS) is 1. The van der Waals surface area contributed by atoms with Gasteiger partial charge in [-0.05, 0) is 50.3 Å². The lowest BCUT2D eigenvalue weighted by molar-refractivity contribution is 0.0696. The van der Waals surface area contributed by atoms with Gasteiger partial charge in [0.15, 0.2) is 0 Å². The molecule has 2 rings (SSSR count). The topological polar surface area (TPSA) is 74.7 Å². The van der Waals surface area contributed by atoms with Crippen molar-refractivity contribution in [2.45, 2.75) is 37.6 Å². The smallest absolute Gasteiger partial charge is 0.335 e. The highest BCUT2D eigenvalue weighted by atomic mass is 79.9. The molecule has 0 amide bonds. The van der Waals surface area contributed by atoms with Gasteiger partial charge in [-0.3, -0.25) is 0 Å². The number of sulfonamides is 1. The monoisotopic (exact) mass is 375 g/mol. The Kier molecular flexibility index (Phi) is 4.46. The summed E-state index contributed by atoms with van der Waals surface area (Å²) in [7, 11) is -2.16. The summed E-state index contributed by atoms with van der Waals surface area (Å²) in [4.78, 5) is 11.2. The maximum Gasteiger partial charge on any atom is 0.335 e. The zero-order valence-corrected chi connectivity index (χ0v) is 14.5. The van der Waals surface area contributed by atoms with Gasteiger partial charge in [0.1, 0.15) is 0 Å². The SMILES string of the molecule is Cc1c(Br)cc(C(=O)O)cc1S(=O)(=O)N(C)C(C)C1CC1. The second-order valence-corrected chi connectivity index (χ2v) is 8.31. The van der Waals surface area contributed by atoms with E-state index in [-0.39, 0.29) is 16.5 Å². The molecular formula is C14H18BrNO4S. The number of aromatic carboxylic acids is 1. The van der Waals surface area contributed by atoms with Crippen molar-refractivity contribution in [3.05, 3.63) is 27.7 Å². The van der Waals surface area contributed by atoms with Gasteiger partial charge < -0.3 is 5.11 Å². The van der Waals surface area contributed by atoms with E-state index in [2.05, 4.69) is 15.9 Å². The minimum Gasteiger partial charge on any atom is -0.478 e. The quantitative estimate of drug-likeness (QED) is 0.858. The van der Waals surface area contributed by atoms with Crippen LogP contribution in [0.2, 0.25) is 0 Å². The number of halogens is 1. The Morgan fingerprint density at radius 2 is 2.00 bits per heavy atom. The van der Waals surface area contributed by atoms with E-state index in [0.29, 0.717) is 16.0 Å². The summed E-state index contributed by atoms with van der Waals surface area (Å²) in [6.07, 6.45) is 2.08. The van der Waals surface area contributed by atoms with Crippen molar-refractivity contribution in [1.29, 1.82) is 0 Å². The van der Waals surface area contributed by atoms with Crippen LogP contribution in [0, 0.1) is 12.8 Å². The number of hydrogen-bond donors (Lipinski definition) is 1. The number of hydrogen-bond acceptors (Lipinski definition) is 3. The van der Waals surface area contributed by atoms with Gasteiger partial charge in [-0.2, -0.15) is 4.31 Å². The highest BCUT2D eigenvalue weighted by Gasteiger charge is 2.37. The Hall–Kier alpha value is -0.920. The molecule has 116 valence electrons. The highest BCUT2D eigenvalue weighted by molar-refractivity contribution is 9.10. The van der Waals surface area contributed by atoms with E-state index in [1.807, 2.05) is 6.92 Å². The largest absolute Gasteiger partial charge is 0.478 e. The van der Waals surface area contributed by atoms with Crippen molar-refractivity contribution < 1.29 is 18.3 Å². The van der Waals surface area contributed by atoms with Crippen LogP contribution < -0.4 is 0 Å². The Labute approximate surface area is 133 Å². The summed E-state index contributed by atoms with van der Waals surface area (Å²) in [6, 6.07) is 2.57. The first-order valence-corrected chi connectivity index (χ1v) is 8.91. The molecule has 1 fully saturated rings. The van der Waals surface area contributed by atoms with Crippen LogP contribution in [0.15, 0.2) is 21.5 Å². The third kappa shape index (κ3) is 3.14. The highest BCUT2D eigenvalue weighted by Crippen LogP contribution is 2.37. The van der Waals surface area contributed by atoms with E-state index < -0.39 is 16.0 Å². The standard InChI is InChI=1S/C14H18BrNO4S/c1-8-12(15)6-11(14(17)18)7-13(8)21(19,20)16(3)9(2)10-4-5-10/h6-7,9-10H,4-5H2,1-3H3,(H,17,18). The molecule has 0 heterocycles. The van der Waals surface area contributed by atoms with Crippen molar-refractivity contribution in [3.63, 3.8) is 0 Å². The van der Waals surface area contributed by atoms with Gasteiger partial charge in [-0.1, -0.05) is 15.9 Å². The average Bonchev–Trinajstić information content (AvgIpc) is 3.23. The maximum absolute atomic E-state index is 12.8. The minimum atomic E-state index is -3.71. The Morgan fingerprint density at radius 3 is 2.48 bits per heavy atom. The fraction of sp³-hybridized carbons (Fsp3) is 0.500.